The van der Waals surface area contributed by atoms with Crippen LogP contribution in [0, 0.1) is 0 Å². The van der Waals surface area contributed by atoms with Crippen molar-refractivity contribution in [3.63, 3.8) is 0 Å². The first-order valence-corrected chi connectivity index (χ1v) is 7.00. The first-order valence-electron chi connectivity index (χ1n) is 7.00. The minimum atomic E-state index is -1.44. The summed E-state index contributed by atoms with van der Waals surface area (Å²) in [4.78, 5) is 12.4. The number of esters is 1. The lowest BCUT2D eigenvalue weighted by Gasteiger charge is -2.38. The number of fused-ring (bicyclic) bond motifs is 4. The predicted molar refractivity (Wildman–Crippen MR) is 74.3 cm³/mol. The van der Waals surface area contributed by atoms with Gasteiger partial charge in [-0.1, -0.05) is 0 Å². The van der Waals surface area contributed by atoms with E-state index in [-0.39, 0.29) is 18.1 Å². The molecule has 1 aromatic rings. The van der Waals surface area contributed by atoms with Crippen LogP contribution in [-0.4, -0.2) is 59.6 Å². The highest BCUT2D eigenvalue weighted by Crippen LogP contribution is 2.50. The third-order valence-electron chi connectivity index (χ3n) is 4.24. The highest BCUT2D eigenvalue weighted by molar-refractivity contribution is 6.04. The van der Waals surface area contributed by atoms with E-state index in [9.17, 15) is 20.1 Å². The van der Waals surface area contributed by atoms with E-state index in [1.165, 1.54) is 13.2 Å². The lowest BCUT2D eigenvalue weighted by Crippen LogP contribution is -2.51. The van der Waals surface area contributed by atoms with E-state index in [1.54, 1.807) is 6.07 Å². The number of carbonyl (C=O) groups is 1. The second-order valence-electron chi connectivity index (χ2n) is 5.49. The molecule has 0 unspecified atom stereocenters. The minimum absolute atomic E-state index is 0.00389. The van der Waals surface area contributed by atoms with Gasteiger partial charge in [0.15, 0.2) is 17.6 Å². The van der Waals surface area contributed by atoms with E-state index in [4.69, 9.17) is 18.9 Å². The monoisotopic (exact) mass is 322 g/mol. The molecule has 2 heterocycles. The fourth-order valence-corrected chi connectivity index (χ4v) is 3.13. The Hall–Kier alpha value is -2.29. The van der Waals surface area contributed by atoms with Gasteiger partial charge in [-0.2, -0.15) is 0 Å². The first-order chi connectivity index (χ1) is 11.0. The fraction of sp³-hybridized carbons (Fsp3) is 0.400. The fourth-order valence-electron chi connectivity index (χ4n) is 3.13. The topological polar surface area (TPSA) is 115 Å². The number of ether oxygens (including phenoxy) is 4. The Balaban J connectivity index is 1.97. The molecule has 4 atom stereocenters. The number of aliphatic hydroxyl groups is 3. The van der Waals surface area contributed by atoms with Crippen molar-refractivity contribution in [1.29, 1.82) is 0 Å². The molecule has 1 aromatic carbocycles. The van der Waals surface area contributed by atoms with Crippen LogP contribution in [0.1, 0.15) is 15.9 Å². The van der Waals surface area contributed by atoms with E-state index in [1.807, 2.05) is 0 Å². The van der Waals surface area contributed by atoms with Crippen LogP contribution in [-0.2, 0) is 4.74 Å². The van der Waals surface area contributed by atoms with Crippen LogP contribution in [0.3, 0.4) is 0 Å². The molecule has 23 heavy (non-hydrogen) atoms. The van der Waals surface area contributed by atoms with Crippen molar-refractivity contribution in [3.05, 3.63) is 23.3 Å². The van der Waals surface area contributed by atoms with Crippen molar-refractivity contribution in [2.24, 2.45) is 0 Å². The molecule has 0 saturated heterocycles. The van der Waals surface area contributed by atoms with Gasteiger partial charge < -0.3 is 34.3 Å². The second kappa shape index (κ2) is 4.85. The lowest BCUT2D eigenvalue weighted by molar-refractivity contribution is -0.0911. The molecule has 0 spiro atoms. The molecule has 4 rings (SSSR count). The van der Waals surface area contributed by atoms with E-state index in [2.05, 4.69) is 0 Å². The maximum Gasteiger partial charge on any atom is 0.343 e. The van der Waals surface area contributed by atoms with Crippen molar-refractivity contribution in [3.8, 4) is 17.2 Å². The summed E-state index contributed by atoms with van der Waals surface area (Å²) in [6, 6.07) is 1.58. The average Bonchev–Trinajstić information content (AvgIpc) is 3.00. The van der Waals surface area contributed by atoms with Gasteiger partial charge in [0.05, 0.1) is 7.11 Å². The molecular formula is C15H14O8. The van der Waals surface area contributed by atoms with Gasteiger partial charge in [-0.05, 0) is 12.1 Å². The molecule has 8 nitrogen and oxygen atoms in total. The maximum atomic E-state index is 12.4. The Morgan fingerprint density at radius 1 is 1.22 bits per heavy atom. The molecule has 0 amide bonds. The summed E-state index contributed by atoms with van der Waals surface area (Å²) < 4.78 is 21.2. The van der Waals surface area contributed by atoms with E-state index in [0.717, 1.165) is 0 Å². The first kappa shape index (κ1) is 14.3. The van der Waals surface area contributed by atoms with Crippen molar-refractivity contribution in [1.82, 2.24) is 0 Å². The van der Waals surface area contributed by atoms with Gasteiger partial charge in [-0.15, -0.1) is 0 Å². The summed E-state index contributed by atoms with van der Waals surface area (Å²) in [5.74, 6) is 0.165. The molecule has 3 aliphatic rings. The SMILES string of the molecule is COc1c2c(cc3c1C(=O)O[C@H]1C3=C[C@H](O)[C@@H](O)[C@H]1O)OCO2. The third-order valence-corrected chi connectivity index (χ3v) is 4.24. The zero-order valence-electron chi connectivity index (χ0n) is 12.1. The molecule has 0 saturated carbocycles. The Kier molecular flexibility index (Phi) is 3.02. The smallest absolute Gasteiger partial charge is 0.343 e. The quantitative estimate of drug-likeness (QED) is 0.590. The standard InChI is InChI=1S/C15H14O8/c1-20-14-9-5(3-8-13(14)22-4-21-8)6-2-7(16)10(17)11(18)12(6)23-15(9)19/h2-3,7,10-12,16-18H,4H2,1H3/t7-,10+,11+,12-/m0/s1. The van der Waals surface area contributed by atoms with Gasteiger partial charge in [0.25, 0.3) is 0 Å². The van der Waals surface area contributed by atoms with Crippen LogP contribution in [0.5, 0.6) is 17.2 Å². The molecule has 3 N–H and O–H groups in total. The van der Waals surface area contributed by atoms with Gasteiger partial charge in [0.1, 0.15) is 23.9 Å². The van der Waals surface area contributed by atoms with Crippen molar-refractivity contribution >= 4 is 11.5 Å². The largest absolute Gasteiger partial charge is 0.492 e. The summed E-state index contributed by atoms with van der Waals surface area (Å²) in [5, 5.41) is 29.7. The number of rotatable bonds is 1. The van der Waals surface area contributed by atoms with Crippen LogP contribution in [0.2, 0.25) is 0 Å². The van der Waals surface area contributed by atoms with Crippen molar-refractivity contribution in [2.45, 2.75) is 24.4 Å². The lowest BCUT2D eigenvalue weighted by atomic mass is 9.82. The van der Waals surface area contributed by atoms with Crippen molar-refractivity contribution in [2.75, 3.05) is 13.9 Å². The second-order valence-corrected chi connectivity index (χ2v) is 5.49. The molecule has 1 aliphatic carbocycles. The number of benzene rings is 1. The molecule has 2 aliphatic heterocycles. The van der Waals surface area contributed by atoms with Gasteiger partial charge in [-0.3, -0.25) is 0 Å². The molecule has 0 fully saturated rings. The molecule has 122 valence electrons. The summed E-state index contributed by atoms with van der Waals surface area (Å²) in [7, 11) is 1.39. The summed E-state index contributed by atoms with van der Waals surface area (Å²) >= 11 is 0. The van der Waals surface area contributed by atoms with E-state index < -0.39 is 30.4 Å². The zero-order valence-corrected chi connectivity index (χ0v) is 12.1. The van der Waals surface area contributed by atoms with Crippen molar-refractivity contribution < 1.29 is 39.1 Å². The Labute approximate surface area is 130 Å². The highest BCUT2D eigenvalue weighted by atomic mass is 16.7. The Morgan fingerprint density at radius 2 is 2.00 bits per heavy atom. The van der Waals surface area contributed by atoms with Gasteiger partial charge in [0, 0.05) is 11.1 Å². The minimum Gasteiger partial charge on any atom is -0.492 e. The number of hydrogen-bond donors (Lipinski definition) is 3. The van der Waals surface area contributed by atoms with Gasteiger partial charge >= 0.3 is 5.97 Å². The summed E-state index contributed by atoms with van der Waals surface area (Å²) in [6.45, 7) is -0.00389. The van der Waals surface area contributed by atoms with Crippen LogP contribution < -0.4 is 14.2 Å². The molecule has 0 bridgehead atoms. The van der Waals surface area contributed by atoms with Gasteiger partial charge in [0.2, 0.25) is 12.5 Å². The summed E-state index contributed by atoms with van der Waals surface area (Å²) in [5.41, 5.74) is 0.939. The molecule has 0 radical (unpaired) electrons. The van der Waals surface area contributed by atoms with E-state index >= 15 is 0 Å². The Bertz CT molecular complexity index is 725. The predicted octanol–water partition coefficient (Wildman–Crippen LogP) is -0.557. The zero-order chi connectivity index (χ0) is 16.3. The van der Waals surface area contributed by atoms with Crippen LogP contribution in [0.25, 0.3) is 5.57 Å². The number of methoxy groups -OCH3 is 1. The number of carbonyl (C=O) groups excluding carboxylic acids is 1. The molecule has 0 aromatic heterocycles. The normalized spacial score (nSPS) is 31.0. The van der Waals surface area contributed by atoms with Crippen LogP contribution in [0.4, 0.5) is 0 Å². The maximum absolute atomic E-state index is 12.4. The number of aliphatic hydroxyl groups excluding tert-OH is 3. The highest BCUT2D eigenvalue weighted by Gasteiger charge is 2.46. The summed E-state index contributed by atoms with van der Waals surface area (Å²) in [6.07, 6.45) is -3.86. The Morgan fingerprint density at radius 3 is 2.74 bits per heavy atom. The van der Waals surface area contributed by atoms with Crippen LogP contribution in [0.15, 0.2) is 12.1 Å². The number of hydrogen-bond acceptors (Lipinski definition) is 8. The van der Waals surface area contributed by atoms with E-state index in [0.29, 0.717) is 22.6 Å². The van der Waals surface area contributed by atoms with Crippen LogP contribution >= 0.6 is 0 Å². The molecular weight excluding hydrogens is 308 g/mol. The molecule has 8 heteroatoms. The average molecular weight is 322 g/mol. The third kappa shape index (κ3) is 1.86. The van der Waals surface area contributed by atoms with Gasteiger partial charge in [-0.25, -0.2) is 4.79 Å².